The maximum atomic E-state index is 13.0. The van der Waals surface area contributed by atoms with Gasteiger partial charge in [-0.3, -0.25) is 19.4 Å². The fraction of sp³-hybridized carbons (Fsp3) is 0.212. The number of hydrogen-bond donors (Lipinski definition) is 1. The monoisotopic (exact) mass is 536 g/mol. The van der Waals surface area contributed by atoms with Crippen molar-refractivity contribution in [2.75, 3.05) is 13.1 Å². The summed E-state index contributed by atoms with van der Waals surface area (Å²) in [5, 5.41) is 12.0. The van der Waals surface area contributed by atoms with Gasteiger partial charge >= 0.3 is 0 Å². The van der Waals surface area contributed by atoms with Crippen LogP contribution in [0.2, 0.25) is 5.02 Å². The molecule has 2 aliphatic heterocycles. The molecule has 2 amide bonds. The summed E-state index contributed by atoms with van der Waals surface area (Å²) in [6.07, 6.45) is 1.29. The number of hydrogen-bond acceptors (Lipinski definition) is 4. The predicted molar refractivity (Wildman–Crippen MR) is 152 cm³/mol. The predicted octanol–water partition coefficient (Wildman–Crippen LogP) is 6.29. The number of imide groups is 1. The number of piperidine rings is 1. The van der Waals surface area contributed by atoms with Crippen molar-refractivity contribution in [3.63, 3.8) is 0 Å². The second kappa shape index (κ2) is 10.4. The smallest absolute Gasteiger partial charge is 0.261 e. The lowest BCUT2D eigenvalue weighted by atomic mass is 9.84. The van der Waals surface area contributed by atoms with Crippen molar-refractivity contribution < 1.29 is 14.7 Å². The van der Waals surface area contributed by atoms with Crippen LogP contribution in [0.25, 0.3) is 11.1 Å². The van der Waals surface area contributed by atoms with Crippen LogP contribution in [0.4, 0.5) is 0 Å². The third-order valence-corrected chi connectivity index (χ3v) is 8.24. The third kappa shape index (κ3) is 4.89. The maximum Gasteiger partial charge on any atom is 0.261 e. The number of carbonyl (C=O) groups is 2. The Labute approximate surface area is 233 Å². The Balaban J connectivity index is 1.21. The van der Waals surface area contributed by atoms with E-state index in [4.69, 9.17) is 11.6 Å². The van der Waals surface area contributed by atoms with Crippen LogP contribution < -0.4 is 0 Å². The Bertz CT molecular complexity index is 1510. The molecule has 0 spiro atoms. The average Bonchev–Trinajstić information content (AvgIpc) is 3.20. The number of carbonyl (C=O) groups excluding carboxylic acids is 2. The minimum Gasteiger partial charge on any atom is -0.385 e. The van der Waals surface area contributed by atoms with Gasteiger partial charge in [0.25, 0.3) is 11.8 Å². The summed E-state index contributed by atoms with van der Waals surface area (Å²) >= 11 is 6.04. The Morgan fingerprint density at radius 1 is 0.641 bits per heavy atom. The summed E-state index contributed by atoms with van der Waals surface area (Å²) in [6, 6.07) is 30.8. The van der Waals surface area contributed by atoms with Gasteiger partial charge in [-0.25, -0.2) is 0 Å². The van der Waals surface area contributed by atoms with Crippen molar-refractivity contribution in [1.82, 2.24) is 9.80 Å². The van der Waals surface area contributed by atoms with Gasteiger partial charge < -0.3 is 5.11 Å². The van der Waals surface area contributed by atoms with Crippen molar-refractivity contribution in [3.05, 3.63) is 130 Å². The minimum atomic E-state index is -0.848. The molecule has 0 saturated carbocycles. The van der Waals surface area contributed by atoms with Gasteiger partial charge in [0.2, 0.25) is 0 Å². The van der Waals surface area contributed by atoms with E-state index >= 15 is 0 Å². The van der Waals surface area contributed by atoms with Crippen molar-refractivity contribution in [2.24, 2.45) is 0 Å². The molecule has 4 aromatic carbocycles. The highest BCUT2D eigenvalue weighted by Gasteiger charge is 2.36. The van der Waals surface area contributed by atoms with Gasteiger partial charge in [-0.1, -0.05) is 84.4 Å². The van der Waals surface area contributed by atoms with Crippen LogP contribution in [0.5, 0.6) is 0 Å². The molecule has 0 aromatic heterocycles. The second-order valence-electron chi connectivity index (χ2n) is 10.4. The maximum absolute atomic E-state index is 13.0. The van der Waals surface area contributed by atoms with Crippen LogP contribution >= 0.6 is 11.6 Å². The van der Waals surface area contributed by atoms with Crippen molar-refractivity contribution in [1.29, 1.82) is 0 Å². The number of benzene rings is 4. The van der Waals surface area contributed by atoms with Gasteiger partial charge in [-0.05, 0) is 64.9 Å². The molecule has 6 heteroatoms. The molecule has 1 fully saturated rings. The molecule has 6 rings (SSSR count). The number of fused-ring (bicyclic) bond motifs is 1. The summed E-state index contributed by atoms with van der Waals surface area (Å²) in [5.74, 6) is -0.500. The molecule has 0 aliphatic carbocycles. The molecule has 0 unspecified atom stereocenters. The first-order valence-electron chi connectivity index (χ1n) is 13.3. The molecule has 0 bridgehead atoms. The minimum absolute atomic E-state index is 0.217. The van der Waals surface area contributed by atoms with Gasteiger partial charge in [0.05, 0.1) is 23.3 Å². The zero-order valence-corrected chi connectivity index (χ0v) is 22.3. The van der Waals surface area contributed by atoms with Crippen LogP contribution in [0, 0.1) is 0 Å². The largest absolute Gasteiger partial charge is 0.385 e. The van der Waals surface area contributed by atoms with Gasteiger partial charge in [-0.15, -0.1) is 0 Å². The fourth-order valence-electron chi connectivity index (χ4n) is 5.77. The summed E-state index contributed by atoms with van der Waals surface area (Å²) in [7, 11) is 0. The Kier molecular flexibility index (Phi) is 6.81. The zero-order valence-electron chi connectivity index (χ0n) is 21.5. The van der Waals surface area contributed by atoms with Crippen LogP contribution in [0.3, 0.4) is 0 Å². The van der Waals surface area contributed by atoms with E-state index in [1.165, 1.54) is 10.5 Å². The number of likely N-dealkylation sites (tertiary alicyclic amines) is 1. The molecule has 196 valence electrons. The standard InChI is InChI=1S/C33H29ClN2O3/c34-26-15-13-25(14-16-26)33(39)17-19-35(20-18-33)21-23-7-1-3-9-27(23)28-10-4-2-8-24(28)22-36-31(37)29-11-5-6-12-30(29)32(36)38/h1-16,39H,17-22H2. The van der Waals surface area contributed by atoms with Crippen molar-refractivity contribution in [3.8, 4) is 11.1 Å². The van der Waals surface area contributed by atoms with Gasteiger partial charge in [0.15, 0.2) is 0 Å². The Hall–Kier alpha value is -3.77. The molecule has 4 aromatic rings. The van der Waals surface area contributed by atoms with Crippen LogP contribution in [0.1, 0.15) is 50.2 Å². The van der Waals surface area contributed by atoms with E-state index < -0.39 is 5.60 Å². The van der Waals surface area contributed by atoms with Gasteiger partial charge in [0, 0.05) is 24.7 Å². The summed E-state index contributed by atoms with van der Waals surface area (Å²) in [6.45, 7) is 2.50. The van der Waals surface area contributed by atoms with E-state index in [9.17, 15) is 14.7 Å². The molecule has 0 atom stereocenters. The van der Waals surface area contributed by atoms with Crippen LogP contribution in [-0.4, -0.2) is 39.8 Å². The third-order valence-electron chi connectivity index (χ3n) is 7.99. The first-order chi connectivity index (χ1) is 18.9. The molecule has 2 heterocycles. The SMILES string of the molecule is O=C1c2ccccc2C(=O)N1Cc1ccccc1-c1ccccc1CN1CCC(O)(c2ccc(Cl)cc2)CC1. The second-order valence-corrected chi connectivity index (χ2v) is 10.8. The summed E-state index contributed by atoms with van der Waals surface area (Å²) in [4.78, 5) is 29.8. The number of halogens is 1. The quantitative estimate of drug-likeness (QED) is 0.294. The first kappa shape index (κ1) is 25.5. The fourth-order valence-corrected chi connectivity index (χ4v) is 5.89. The van der Waals surface area contributed by atoms with E-state index in [1.54, 1.807) is 24.3 Å². The summed E-state index contributed by atoms with van der Waals surface area (Å²) in [5.41, 5.74) is 5.18. The molecular formula is C33H29ClN2O3. The molecule has 1 saturated heterocycles. The molecule has 2 aliphatic rings. The highest BCUT2D eigenvalue weighted by molar-refractivity contribution is 6.30. The Morgan fingerprint density at radius 3 is 1.64 bits per heavy atom. The van der Waals surface area contributed by atoms with Crippen LogP contribution in [-0.2, 0) is 18.7 Å². The highest BCUT2D eigenvalue weighted by Crippen LogP contribution is 2.36. The lowest BCUT2D eigenvalue weighted by Crippen LogP contribution is -2.42. The molecular weight excluding hydrogens is 508 g/mol. The van der Waals surface area contributed by atoms with Gasteiger partial charge in [-0.2, -0.15) is 0 Å². The Morgan fingerprint density at radius 2 is 1.10 bits per heavy atom. The lowest BCUT2D eigenvalue weighted by Gasteiger charge is -2.39. The van der Waals surface area contributed by atoms with E-state index in [1.807, 2.05) is 54.6 Å². The van der Waals surface area contributed by atoms with E-state index in [2.05, 4.69) is 23.1 Å². The zero-order chi connectivity index (χ0) is 27.0. The normalized spacial score (nSPS) is 16.9. The molecule has 39 heavy (non-hydrogen) atoms. The van der Waals surface area contributed by atoms with E-state index in [-0.39, 0.29) is 18.4 Å². The van der Waals surface area contributed by atoms with Gasteiger partial charge in [0.1, 0.15) is 0 Å². The first-order valence-corrected chi connectivity index (χ1v) is 13.6. The van der Waals surface area contributed by atoms with Crippen molar-refractivity contribution >= 4 is 23.4 Å². The molecule has 5 nitrogen and oxygen atoms in total. The lowest BCUT2D eigenvalue weighted by molar-refractivity contribution is -0.0277. The average molecular weight is 537 g/mol. The van der Waals surface area contributed by atoms with E-state index in [0.717, 1.165) is 41.9 Å². The topological polar surface area (TPSA) is 60.9 Å². The van der Waals surface area contributed by atoms with Crippen molar-refractivity contribution in [2.45, 2.75) is 31.5 Å². The van der Waals surface area contributed by atoms with Crippen LogP contribution in [0.15, 0.2) is 97.1 Å². The molecule has 1 N–H and O–H groups in total. The number of nitrogens with zero attached hydrogens (tertiary/aromatic N) is 2. The van der Waals surface area contributed by atoms with E-state index in [0.29, 0.717) is 29.0 Å². The number of amides is 2. The summed E-state index contributed by atoms with van der Waals surface area (Å²) < 4.78 is 0. The molecule has 0 radical (unpaired) electrons. The number of aliphatic hydroxyl groups is 1. The number of rotatable bonds is 6. The highest BCUT2D eigenvalue weighted by atomic mass is 35.5.